The Balaban J connectivity index is 2.15. The van der Waals surface area contributed by atoms with E-state index in [4.69, 9.17) is 0 Å². The van der Waals surface area contributed by atoms with Gasteiger partial charge in [0.05, 0.1) is 0 Å². The number of pyridine rings is 1. The molecule has 0 aromatic carbocycles. The van der Waals surface area contributed by atoms with E-state index in [2.05, 4.69) is 11.9 Å². The summed E-state index contributed by atoms with van der Waals surface area (Å²) in [6.07, 6.45) is 6.23. The third-order valence-electron chi connectivity index (χ3n) is 2.91. The summed E-state index contributed by atoms with van der Waals surface area (Å²) in [5, 5.41) is 0. The molecule has 0 unspecified atom stereocenters. The molecule has 0 amide bonds. The number of carbonyl (C=O) groups excluding carboxylic acids is 1. The fourth-order valence-corrected chi connectivity index (χ4v) is 2.29. The molecular weight excluding hydrogens is 174 g/mol. The van der Waals surface area contributed by atoms with Gasteiger partial charge in [-0.2, -0.15) is 0 Å². The largest absolute Gasteiger partial charge is 0.300 e. The molecule has 0 bridgehead atoms. The van der Waals surface area contributed by atoms with Gasteiger partial charge in [0.2, 0.25) is 0 Å². The first-order chi connectivity index (χ1) is 6.75. The van der Waals surface area contributed by atoms with E-state index in [0.717, 1.165) is 12.8 Å². The van der Waals surface area contributed by atoms with Crippen LogP contribution >= 0.6 is 0 Å². The molecule has 14 heavy (non-hydrogen) atoms. The van der Waals surface area contributed by atoms with E-state index in [1.54, 1.807) is 12.4 Å². The van der Waals surface area contributed by atoms with Crippen LogP contribution in [0.25, 0.3) is 0 Å². The van der Waals surface area contributed by atoms with Crippen LogP contribution in [0.1, 0.15) is 37.7 Å². The molecule has 0 aliphatic heterocycles. The highest BCUT2D eigenvalue weighted by molar-refractivity contribution is 5.80. The minimum absolute atomic E-state index is 0.408. The molecule has 2 atom stereocenters. The number of hydrogen-bond acceptors (Lipinski definition) is 2. The van der Waals surface area contributed by atoms with Crippen LogP contribution in [0, 0.1) is 5.92 Å². The predicted octanol–water partition coefficient (Wildman–Crippen LogP) is 2.55. The first-order valence-corrected chi connectivity index (χ1v) is 5.17. The summed E-state index contributed by atoms with van der Waals surface area (Å²) in [6, 6.07) is 4.05. The van der Waals surface area contributed by atoms with Crippen molar-refractivity contribution in [3.05, 3.63) is 30.1 Å². The number of rotatable bonds is 1. The molecule has 2 nitrogen and oxygen atoms in total. The molecule has 0 radical (unpaired) electrons. The van der Waals surface area contributed by atoms with E-state index >= 15 is 0 Å². The quantitative estimate of drug-likeness (QED) is 0.679. The number of Topliss-reactive ketones (excluding diaryl/α,β-unsaturated/α-hetero) is 1. The molecular formula is C12H15NO. The monoisotopic (exact) mass is 189 g/mol. The van der Waals surface area contributed by atoms with Crippen LogP contribution in [0.2, 0.25) is 0 Å². The van der Waals surface area contributed by atoms with Crippen LogP contribution in [0.3, 0.4) is 0 Å². The summed E-state index contributed by atoms with van der Waals surface area (Å²) in [7, 11) is 0. The fourth-order valence-electron chi connectivity index (χ4n) is 2.29. The normalized spacial score (nSPS) is 27.6. The van der Waals surface area contributed by atoms with Gasteiger partial charge in [-0.05, 0) is 36.0 Å². The van der Waals surface area contributed by atoms with Crippen molar-refractivity contribution in [2.24, 2.45) is 5.92 Å². The summed E-state index contributed by atoms with van der Waals surface area (Å²) in [5.41, 5.74) is 1.26. The topological polar surface area (TPSA) is 30.0 Å². The van der Waals surface area contributed by atoms with Crippen LogP contribution in [-0.2, 0) is 4.79 Å². The zero-order chi connectivity index (χ0) is 9.97. The number of carbonyl (C=O) groups is 1. The molecule has 1 aromatic heterocycles. The Kier molecular flexibility index (Phi) is 2.62. The summed E-state index contributed by atoms with van der Waals surface area (Å²) < 4.78 is 0. The lowest BCUT2D eigenvalue weighted by Crippen LogP contribution is -2.19. The number of hydrogen-bond donors (Lipinski definition) is 0. The summed E-state index contributed by atoms with van der Waals surface area (Å²) in [6.45, 7) is 2.16. The highest BCUT2D eigenvalue weighted by Crippen LogP contribution is 2.33. The van der Waals surface area contributed by atoms with Crippen LogP contribution < -0.4 is 0 Å². The molecule has 1 aliphatic rings. The molecule has 74 valence electrons. The lowest BCUT2D eigenvalue weighted by molar-refractivity contribution is -0.121. The zero-order valence-corrected chi connectivity index (χ0v) is 8.44. The third-order valence-corrected chi connectivity index (χ3v) is 2.91. The maximum atomic E-state index is 11.4. The second kappa shape index (κ2) is 3.91. The zero-order valence-electron chi connectivity index (χ0n) is 8.44. The van der Waals surface area contributed by atoms with E-state index in [9.17, 15) is 4.79 Å². The Bertz CT molecular complexity index is 320. The van der Waals surface area contributed by atoms with Crippen molar-refractivity contribution >= 4 is 5.78 Å². The van der Waals surface area contributed by atoms with Crippen molar-refractivity contribution in [3.8, 4) is 0 Å². The maximum Gasteiger partial charge on any atom is 0.133 e. The molecule has 0 spiro atoms. The first kappa shape index (κ1) is 9.38. The smallest absolute Gasteiger partial charge is 0.133 e. The minimum Gasteiger partial charge on any atom is -0.300 e. The Hall–Kier alpha value is -1.18. The van der Waals surface area contributed by atoms with E-state index < -0.39 is 0 Å². The van der Waals surface area contributed by atoms with Crippen LogP contribution in [0.5, 0.6) is 0 Å². The van der Waals surface area contributed by atoms with Gasteiger partial charge in [-0.15, -0.1) is 0 Å². The van der Waals surface area contributed by atoms with Crippen LogP contribution in [0.15, 0.2) is 24.5 Å². The van der Waals surface area contributed by atoms with Crippen molar-refractivity contribution in [3.63, 3.8) is 0 Å². The Morgan fingerprint density at radius 2 is 2.00 bits per heavy atom. The van der Waals surface area contributed by atoms with Crippen molar-refractivity contribution in [1.29, 1.82) is 0 Å². The van der Waals surface area contributed by atoms with Gasteiger partial charge in [0.1, 0.15) is 5.78 Å². The van der Waals surface area contributed by atoms with Gasteiger partial charge in [-0.1, -0.05) is 6.92 Å². The van der Waals surface area contributed by atoms with Gasteiger partial charge in [-0.25, -0.2) is 0 Å². The van der Waals surface area contributed by atoms with Gasteiger partial charge in [-0.3, -0.25) is 9.78 Å². The van der Waals surface area contributed by atoms with Gasteiger partial charge in [0.15, 0.2) is 0 Å². The molecule has 0 saturated heterocycles. The van der Waals surface area contributed by atoms with Gasteiger partial charge < -0.3 is 0 Å². The van der Waals surface area contributed by atoms with Crippen molar-refractivity contribution in [1.82, 2.24) is 4.98 Å². The number of ketones is 1. The average molecular weight is 189 g/mol. The fraction of sp³-hybridized carbons (Fsp3) is 0.500. The summed E-state index contributed by atoms with van der Waals surface area (Å²) in [4.78, 5) is 15.4. The van der Waals surface area contributed by atoms with Crippen molar-refractivity contribution in [2.45, 2.75) is 32.1 Å². The Morgan fingerprint density at radius 3 is 2.64 bits per heavy atom. The van der Waals surface area contributed by atoms with Crippen LogP contribution in [-0.4, -0.2) is 10.8 Å². The average Bonchev–Trinajstić information content (AvgIpc) is 2.18. The highest BCUT2D eigenvalue weighted by atomic mass is 16.1. The minimum atomic E-state index is 0.408. The van der Waals surface area contributed by atoms with E-state index in [0.29, 0.717) is 24.0 Å². The molecule has 2 heteroatoms. The van der Waals surface area contributed by atoms with Crippen molar-refractivity contribution in [2.75, 3.05) is 0 Å². The third kappa shape index (κ3) is 2.00. The molecule has 1 aromatic rings. The molecule has 1 heterocycles. The van der Waals surface area contributed by atoms with Gasteiger partial charge in [0.25, 0.3) is 0 Å². The van der Waals surface area contributed by atoms with E-state index in [1.165, 1.54) is 5.56 Å². The highest BCUT2D eigenvalue weighted by Gasteiger charge is 2.25. The standard InChI is InChI=1S/C12H15NO/c1-9-6-11(8-12(14)7-9)10-2-4-13-5-3-10/h2-5,9,11H,6-8H2,1H3/t9-,11+/m0/s1. The molecule has 0 N–H and O–H groups in total. The Labute approximate surface area is 84.4 Å². The first-order valence-electron chi connectivity index (χ1n) is 5.17. The summed E-state index contributed by atoms with van der Waals surface area (Å²) >= 11 is 0. The lowest BCUT2D eigenvalue weighted by atomic mass is 9.78. The lowest BCUT2D eigenvalue weighted by Gasteiger charge is -2.25. The SMILES string of the molecule is C[C@@H]1CC(=O)C[C@H](c2ccncc2)C1. The van der Waals surface area contributed by atoms with Gasteiger partial charge >= 0.3 is 0 Å². The van der Waals surface area contributed by atoms with Gasteiger partial charge in [0, 0.05) is 25.2 Å². The summed E-state index contributed by atoms with van der Waals surface area (Å²) in [5.74, 6) is 1.37. The number of nitrogens with zero attached hydrogens (tertiary/aromatic N) is 1. The van der Waals surface area contributed by atoms with Crippen molar-refractivity contribution < 1.29 is 4.79 Å². The molecule has 1 saturated carbocycles. The maximum absolute atomic E-state index is 11.4. The van der Waals surface area contributed by atoms with Crippen LogP contribution in [0.4, 0.5) is 0 Å². The van der Waals surface area contributed by atoms with E-state index in [-0.39, 0.29) is 0 Å². The molecule has 2 rings (SSSR count). The predicted molar refractivity (Wildman–Crippen MR) is 55.0 cm³/mol. The molecule has 1 aliphatic carbocycles. The van der Waals surface area contributed by atoms with E-state index in [1.807, 2.05) is 12.1 Å². The number of aromatic nitrogens is 1. The Morgan fingerprint density at radius 1 is 1.29 bits per heavy atom. The molecule has 1 fully saturated rings. The second-order valence-corrected chi connectivity index (χ2v) is 4.27. The second-order valence-electron chi connectivity index (χ2n) is 4.27.